The summed E-state index contributed by atoms with van der Waals surface area (Å²) < 4.78 is 28.2. The summed E-state index contributed by atoms with van der Waals surface area (Å²) in [7, 11) is 0. The van der Waals surface area contributed by atoms with E-state index in [9.17, 15) is 23.2 Å². The molecule has 2 aliphatic heterocycles. The lowest BCUT2D eigenvalue weighted by Crippen LogP contribution is -2.36. The van der Waals surface area contributed by atoms with Gasteiger partial charge in [-0.05, 0) is 73.7 Å². The van der Waals surface area contributed by atoms with Gasteiger partial charge in [-0.1, -0.05) is 12.1 Å². The highest BCUT2D eigenvalue weighted by atomic mass is 19.1. The molecule has 0 fully saturated rings. The minimum absolute atomic E-state index is 0.0626. The first-order valence-electron chi connectivity index (χ1n) is 10.7. The maximum atomic E-state index is 14.6. The Morgan fingerprint density at radius 3 is 2.45 bits per heavy atom. The van der Waals surface area contributed by atoms with Gasteiger partial charge in [-0.3, -0.25) is 14.4 Å². The van der Waals surface area contributed by atoms with Crippen LogP contribution in [0.1, 0.15) is 54.2 Å². The highest BCUT2D eigenvalue weighted by molar-refractivity contribution is 6.35. The van der Waals surface area contributed by atoms with Gasteiger partial charge in [-0.2, -0.15) is 0 Å². The van der Waals surface area contributed by atoms with Crippen molar-refractivity contribution in [1.29, 1.82) is 0 Å². The zero-order valence-corrected chi connectivity index (χ0v) is 18.1. The van der Waals surface area contributed by atoms with E-state index >= 15 is 0 Å². The van der Waals surface area contributed by atoms with E-state index in [1.54, 1.807) is 6.07 Å². The van der Waals surface area contributed by atoms with Gasteiger partial charge in [0.15, 0.2) is 0 Å². The van der Waals surface area contributed by atoms with Crippen molar-refractivity contribution in [3.05, 3.63) is 93.5 Å². The third kappa shape index (κ3) is 3.31. The van der Waals surface area contributed by atoms with E-state index in [0.29, 0.717) is 24.1 Å². The minimum atomic E-state index is -0.799. The summed E-state index contributed by atoms with van der Waals surface area (Å²) in [6.45, 7) is 3.96. The van der Waals surface area contributed by atoms with Crippen molar-refractivity contribution < 1.29 is 23.2 Å². The van der Waals surface area contributed by atoms with Gasteiger partial charge in [-0.25, -0.2) is 13.7 Å². The standard InChI is InChI=1S/C26H20F2N2O3/c1-14-5-6-15(2)22(10-14)30-25(32)19-8-7-17(12-20(19)26(30)33)24(31)29-9-3-4-16-11-18(27)13-21(28)23(16)29/h5-8,10-13H,3-4,9H2,1-2H3. The Labute approximate surface area is 189 Å². The molecule has 0 atom stereocenters. The van der Waals surface area contributed by atoms with E-state index in [2.05, 4.69) is 0 Å². The van der Waals surface area contributed by atoms with E-state index in [1.807, 2.05) is 26.0 Å². The molecule has 7 heteroatoms. The molecule has 166 valence electrons. The molecule has 0 bridgehead atoms. The summed E-state index contributed by atoms with van der Waals surface area (Å²) in [5.41, 5.74) is 3.18. The van der Waals surface area contributed by atoms with Crippen LogP contribution in [-0.2, 0) is 6.42 Å². The SMILES string of the molecule is Cc1ccc(C)c(N2C(=O)c3ccc(C(=O)N4CCCc5cc(F)cc(F)c54)cc3C2=O)c1. The van der Waals surface area contributed by atoms with Crippen LogP contribution in [0.25, 0.3) is 0 Å². The summed E-state index contributed by atoms with van der Waals surface area (Å²) >= 11 is 0. The van der Waals surface area contributed by atoms with Crippen molar-refractivity contribution in [3.63, 3.8) is 0 Å². The molecule has 3 aromatic rings. The first-order valence-corrected chi connectivity index (χ1v) is 10.7. The Morgan fingerprint density at radius 1 is 0.909 bits per heavy atom. The molecule has 0 radical (unpaired) electrons. The van der Waals surface area contributed by atoms with Gasteiger partial charge in [0.1, 0.15) is 11.6 Å². The quantitative estimate of drug-likeness (QED) is 0.522. The molecule has 33 heavy (non-hydrogen) atoms. The van der Waals surface area contributed by atoms with Crippen molar-refractivity contribution in [2.45, 2.75) is 26.7 Å². The smallest absolute Gasteiger partial charge is 0.266 e. The Kier molecular flexibility index (Phi) is 4.85. The van der Waals surface area contributed by atoms with E-state index in [0.717, 1.165) is 22.1 Å². The van der Waals surface area contributed by atoms with Crippen LogP contribution in [0.4, 0.5) is 20.2 Å². The van der Waals surface area contributed by atoms with Gasteiger partial charge in [0.05, 0.1) is 22.5 Å². The normalized spacial score (nSPS) is 15.0. The Balaban J connectivity index is 1.53. The van der Waals surface area contributed by atoms with Crippen molar-refractivity contribution in [2.24, 2.45) is 0 Å². The van der Waals surface area contributed by atoms with Crippen LogP contribution in [0.5, 0.6) is 0 Å². The van der Waals surface area contributed by atoms with Crippen molar-refractivity contribution in [3.8, 4) is 0 Å². The summed E-state index contributed by atoms with van der Waals surface area (Å²) in [6.07, 6.45) is 1.03. The van der Waals surface area contributed by atoms with Crippen LogP contribution in [-0.4, -0.2) is 24.3 Å². The zero-order valence-electron chi connectivity index (χ0n) is 18.1. The predicted octanol–water partition coefficient (Wildman–Crippen LogP) is 4.98. The summed E-state index contributed by atoms with van der Waals surface area (Å²) in [5, 5.41) is 0. The second-order valence-electron chi connectivity index (χ2n) is 8.45. The number of hydrogen-bond donors (Lipinski definition) is 0. The molecule has 2 aliphatic rings. The second kappa shape index (κ2) is 7.62. The monoisotopic (exact) mass is 446 g/mol. The maximum Gasteiger partial charge on any atom is 0.266 e. The Hall–Kier alpha value is -3.87. The Bertz CT molecular complexity index is 1370. The zero-order chi connectivity index (χ0) is 23.4. The first-order chi connectivity index (χ1) is 15.8. The predicted molar refractivity (Wildman–Crippen MR) is 120 cm³/mol. The number of halogens is 2. The molecule has 5 rings (SSSR count). The topological polar surface area (TPSA) is 57.7 Å². The fourth-order valence-corrected chi connectivity index (χ4v) is 4.56. The molecule has 0 N–H and O–H groups in total. The van der Waals surface area contributed by atoms with Gasteiger partial charge in [-0.15, -0.1) is 0 Å². The lowest BCUT2D eigenvalue weighted by atomic mass is 9.99. The number of anilines is 2. The molecular weight excluding hydrogens is 426 g/mol. The number of hydrogen-bond acceptors (Lipinski definition) is 3. The number of aryl methyl sites for hydroxylation is 3. The molecular formula is C26H20F2N2O3. The molecule has 5 nitrogen and oxygen atoms in total. The van der Waals surface area contributed by atoms with Gasteiger partial charge < -0.3 is 4.90 Å². The number of fused-ring (bicyclic) bond motifs is 2. The molecule has 0 saturated carbocycles. The van der Waals surface area contributed by atoms with Crippen LogP contribution in [0, 0.1) is 25.5 Å². The number of carbonyl (C=O) groups is 3. The number of imide groups is 1. The van der Waals surface area contributed by atoms with Crippen LogP contribution in [0.2, 0.25) is 0 Å². The summed E-state index contributed by atoms with van der Waals surface area (Å²) in [4.78, 5) is 41.9. The molecule has 0 saturated heterocycles. The average Bonchev–Trinajstić information content (AvgIpc) is 3.03. The third-order valence-corrected chi connectivity index (χ3v) is 6.19. The maximum absolute atomic E-state index is 14.6. The number of nitrogens with zero attached hydrogens (tertiary/aromatic N) is 2. The molecule has 2 heterocycles. The van der Waals surface area contributed by atoms with Crippen LogP contribution >= 0.6 is 0 Å². The summed E-state index contributed by atoms with van der Waals surface area (Å²) in [5.74, 6) is -2.95. The molecule has 3 amide bonds. The van der Waals surface area contributed by atoms with E-state index in [1.165, 1.54) is 29.2 Å². The van der Waals surface area contributed by atoms with Crippen molar-refractivity contribution in [1.82, 2.24) is 0 Å². The molecule has 3 aromatic carbocycles. The largest absolute Gasteiger partial charge is 0.305 e. The average molecular weight is 446 g/mol. The van der Waals surface area contributed by atoms with Crippen LogP contribution in [0.3, 0.4) is 0 Å². The Morgan fingerprint density at radius 2 is 1.67 bits per heavy atom. The van der Waals surface area contributed by atoms with E-state index in [-0.39, 0.29) is 28.9 Å². The lowest BCUT2D eigenvalue weighted by molar-refractivity contribution is 0.0924. The highest BCUT2D eigenvalue weighted by Gasteiger charge is 2.38. The van der Waals surface area contributed by atoms with Gasteiger partial charge in [0, 0.05) is 18.2 Å². The minimum Gasteiger partial charge on any atom is -0.305 e. The third-order valence-electron chi connectivity index (χ3n) is 6.19. The second-order valence-corrected chi connectivity index (χ2v) is 8.45. The molecule has 0 aliphatic carbocycles. The summed E-state index contributed by atoms with van der Waals surface area (Å²) in [6, 6.07) is 11.8. The fourth-order valence-electron chi connectivity index (χ4n) is 4.56. The fraction of sp³-hybridized carbons (Fsp3) is 0.192. The van der Waals surface area contributed by atoms with Crippen molar-refractivity contribution >= 4 is 29.1 Å². The highest BCUT2D eigenvalue weighted by Crippen LogP contribution is 2.34. The van der Waals surface area contributed by atoms with E-state index < -0.39 is 29.4 Å². The van der Waals surface area contributed by atoms with E-state index in [4.69, 9.17) is 0 Å². The first kappa shape index (κ1) is 21.0. The number of amides is 3. The van der Waals surface area contributed by atoms with Crippen LogP contribution < -0.4 is 9.80 Å². The molecule has 0 aromatic heterocycles. The molecule has 0 spiro atoms. The number of benzene rings is 3. The lowest BCUT2D eigenvalue weighted by Gasteiger charge is -2.30. The van der Waals surface area contributed by atoms with Gasteiger partial charge in [0.25, 0.3) is 17.7 Å². The van der Waals surface area contributed by atoms with Gasteiger partial charge in [0.2, 0.25) is 0 Å². The number of carbonyl (C=O) groups excluding carboxylic acids is 3. The number of rotatable bonds is 2. The molecule has 0 unspecified atom stereocenters. The van der Waals surface area contributed by atoms with Gasteiger partial charge >= 0.3 is 0 Å². The van der Waals surface area contributed by atoms with Crippen LogP contribution in [0.15, 0.2) is 48.5 Å². The van der Waals surface area contributed by atoms with Crippen molar-refractivity contribution in [2.75, 3.05) is 16.3 Å².